The monoisotopic (exact) mass is 174 g/mol. The summed E-state index contributed by atoms with van der Waals surface area (Å²) in [6.07, 6.45) is 3.87. The molecule has 0 saturated heterocycles. The van der Waals surface area contributed by atoms with Crippen LogP contribution in [0.15, 0.2) is 10.1 Å². The summed E-state index contributed by atoms with van der Waals surface area (Å²) in [7, 11) is 0. The lowest BCUT2D eigenvalue weighted by Gasteiger charge is -1.95. The Labute approximate surface area is 67.2 Å². The quantitative estimate of drug-likeness (QED) is 0.615. The summed E-state index contributed by atoms with van der Waals surface area (Å²) in [6, 6.07) is 0. The highest BCUT2D eigenvalue weighted by molar-refractivity contribution is 8.01. The van der Waals surface area contributed by atoms with Crippen molar-refractivity contribution in [3.63, 3.8) is 0 Å². The molecule has 0 atom stereocenters. The molecule has 4 nitrogen and oxygen atoms in total. The van der Waals surface area contributed by atoms with Crippen LogP contribution in [0.3, 0.4) is 0 Å². The largest absolute Gasteiger partial charge is 0.155 e. The normalized spacial score (nSPS) is 9.80. The van der Waals surface area contributed by atoms with Crippen molar-refractivity contribution in [2.45, 2.75) is 10.1 Å². The third-order valence-electron chi connectivity index (χ3n) is 0.881. The Bertz CT molecular complexity index is 193. The van der Waals surface area contributed by atoms with Crippen molar-refractivity contribution >= 4 is 23.5 Å². The smallest absolute Gasteiger partial charge is 0.119 e. The average molecular weight is 174 g/mol. The zero-order valence-corrected chi connectivity index (χ0v) is 7.24. The van der Waals surface area contributed by atoms with Crippen LogP contribution in [0.1, 0.15) is 0 Å². The fraction of sp³-hybridized carbons (Fsp3) is 0.500. The van der Waals surface area contributed by atoms with Crippen molar-refractivity contribution in [3.05, 3.63) is 0 Å². The Hall–Kier alpha value is -0.360. The Balaban J connectivity index is 2.96. The molecule has 0 aliphatic rings. The van der Waals surface area contributed by atoms with Gasteiger partial charge in [-0.3, -0.25) is 0 Å². The van der Waals surface area contributed by atoms with Gasteiger partial charge in [-0.1, -0.05) is 0 Å². The third-order valence-corrected chi connectivity index (χ3v) is 2.33. The zero-order valence-electron chi connectivity index (χ0n) is 5.61. The van der Waals surface area contributed by atoms with E-state index in [0.29, 0.717) is 0 Å². The van der Waals surface area contributed by atoms with E-state index in [9.17, 15) is 0 Å². The van der Waals surface area contributed by atoms with Gasteiger partial charge in [0, 0.05) is 0 Å². The van der Waals surface area contributed by atoms with E-state index < -0.39 is 0 Å². The molecule has 0 aromatic carbocycles. The molecule has 0 fully saturated rings. The fourth-order valence-electron chi connectivity index (χ4n) is 0.463. The van der Waals surface area contributed by atoms with Crippen LogP contribution < -0.4 is 0 Å². The lowest BCUT2D eigenvalue weighted by atomic mass is 10.9. The number of rotatable bonds is 2. The molecule has 1 rings (SSSR count). The highest BCUT2D eigenvalue weighted by Crippen LogP contribution is 2.20. The lowest BCUT2D eigenvalue weighted by molar-refractivity contribution is 0.655. The van der Waals surface area contributed by atoms with Gasteiger partial charge in [0.25, 0.3) is 0 Å². The molecule has 0 aliphatic heterocycles. The van der Waals surface area contributed by atoms with E-state index in [2.05, 4.69) is 20.6 Å². The van der Waals surface area contributed by atoms with Gasteiger partial charge in [0.1, 0.15) is 0 Å². The number of nitrogens with zero attached hydrogens (tertiary/aromatic N) is 4. The number of aromatic nitrogens is 4. The molecule has 1 aromatic rings. The Morgan fingerprint density at radius 1 is 0.900 bits per heavy atom. The van der Waals surface area contributed by atoms with E-state index in [0.717, 1.165) is 10.1 Å². The minimum absolute atomic E-state index is 0.836. The standard InChI is InChI=1S/C4H6N4S2/c1-9-3-4(10-2)6-8-7-5-3/h1-2H3. The highest BCUT2D eigenvalue weighted by Gasteiger charge is 2.02. The van der Waals surface area contributed by atoms with Crippen molar-refractivity contribution in [1.82, 2.24) is 20.6 Å². The second kappa shape index (κ2) is 3.72. The molecular formula is C4H6N4S2. The summed E-state index contributed by atoms with van der Waals surface area (Å²) in [5.41, 5.74) is 0. The molecule has 1 heterocycles. The van der Waals surface area contributed by atoms with Crippen molar-refractivity contribution < 1.29 is 0 Å². The molecule has 0 saturated carbocycles. The minimum Gasteiger partial charge on any atom is -0.119 e. The van der Waals surface area contributed by atoms with Gasteiger partial charge >= 0.3 is 0 Å². The molecule has 54 valence electrons. The molecule has 0 amide bonds. The molecule has 0 unspecified atom stereocenters. The first kappa shape index (κ1) is 7.74. The van der Waals surface area contributed by atoms with Crippen LogP contribution in [0.4, 0.5) is 0 Å². The molecule has 0 N–H and O–H groups in total. The van der Waals surface area contributed by atoms with Crippen LogP contribution in [0.2, 0.25) is 0 Å². The predicted molar refractivity (Wildman–Crippen MR) is 41.2 cm³/mol. The first-order valence-electron chi connectivity index (χ1n) is 2.52. The molecule has 0 aliphatic carbocycles. The molecule has 0 radical (unpaired) electrons. The molecule has 0 spiro atoms. The van der Waals surface area contributed by atoms with Crippen molar-refractivity contribution in [3.8, 4) is 0 Å². The molecule has 10 heavy (non-hydrogen) atoms. The van der Waals surface area contributed by atoms with Gasteiger partial charge in [0.05, 0.1) is 0 Å². The van der Waals surface area contributed by atoms with E-state index >= 15 is 0 Å². The summed E-state index contributed by atoms with van der Waals surface area (Å²) >= 11 is 3.05. The highest BCUT2D eigenvalue weighted by atomic mass is 32.2. The van der Waals surface area contributed by atoms with Gasteiger partial charge in [0.2, 0.25) is 0 Å². The Kier molecular flexibility index (Phi) is 2.88. The summed E-state index contributed by atoms with van der Waals surface area (Å²) in [5, 5.41) is 16.1. The van der Waals surface area contributed by atoms with E-state index in [-0.39, 0.29) is 0 Å². The van der Waals surface area contributed by atoms with E-state index in [1.807, 2.05) is 12.5 Å². The van der Waals surface area contributed by atoms with E-state index in [1.54, 1.807) is 0 Å². The van der Waals surface area contributed by atoms with Gasteiger partial charge in [-0.25, -0.2) is 0 Å². The topological polar surface area (TPSA) is 51.6 Å². The molecular weight excluding hydrogens is 168 g/mol. The first-order chi connectivity index (χ1) is 4.88. The average Bonchev–Trinajstić information content (AvgIpc) is 2.04. The van der Waals surface area contributed by atoms with E-state index in [1.165, 1.54) is 23.5 Å². The lowest BCUT2D eigenvalue weighted by Crippen LogP contribution is -1.95. The Morgan fingerprint density at radius 3 is 1.60 bits per heavy atom. The van der Waals surface area contributed by atoms with Gasteiger partial charge in [-0.2, -0.15) is 0 Å². The number of hydrogen-bond donors (Lipinski definition) is 0. The molecule has 0 bridgehead atoms. The number of thioether (sulfide) groups is 2. The van der Waals surface area contributed by atoms with Crippen LogP contribution in [0.5, 0.6) is 0 Å². The second-order valence-electron chi connectivity index (χ2n) is 1.40. The van der Waals surface area contributed by atoms with Gasteiger partial charge in [-0.15, -0.1) is 33.7 Å². The second-order valence-corrected chi connectivity index (χ2v) is 2.99. The van der Waals surface area contributed by atoms with Crippen LogP contribution in [-0.2, 0) is 0 Å². The van der Waals surface area contributed by atoms with Crippen LogP contribution in [-0.4, -0.2) is 33.1 Å². The van der Waals surface area contributed by atoms with Gasteiger partial charge in [0.15, 0.2) is 10.1 Å². The predicted octanol–water partition coefficient (Wildman–Crippen LogP) is 0.710. The van der Waals surface area contributed by atoms with Crippen LogP contribution in [0, 0.1) is 0 Å². The fourth-order valence-corrected chi connectivity index (χ4v) is 1.63. The maximum Gasteiger partial charge on any atom is 0.155 e. The van der Waals surface area contributed by atoms with Crippen LogP contribution in [0.25, 0.3) is 0 Å². The van der Waals surface area contributed by atoms with Crippen LogP contribution >= 0.6 is 23.5 Å². The zero-order chi connectivity index (χ0) is 7.40. The summed E-state index contributed by atoms with van der Waals surface area (Å²) in [4.78, 5) is 0. The van der Waals surface area contributed by atoms with Crippen molar-refractivity contribution in [2.75, 3.05) is 12.5 Å². The number of hydrogen-bond acceptors (Lipinski definition) is 6. The minimum atomic E-state index is 0.836. The van der Waals surface area contributed by atoms with E-state index in [4.69, 9.17) is 0 Å². The SMILES string of the molecule is CSc1nnnnc1SC. The maximum absolute atomic E-state index is 3.79. The first-order valence-corrected chi connectivity index (χ1v) is 4.97. The molecule has 6 heteroatoms. The van der Waals surface area contributed by atoms with Gasteiger partial charge in [-0.05, 0) is 22.9 Å². The van der Waals surface area contributed by atoms with Gasteiger partial charge < -0.3 is 0 Å². The van der Waals surface area contributed by atoms with Crippen molar-refractivity contribution in [1.29, 1.82) is 0 Å². The Morgan fingerprint density at radius 2 is 1.30 bits per heavy atom. The molecule has 1 aromatic heterocycles. The maximum atomic E-state index is 3.79. The van der Waals surface area contributed by atoms with Crippen molar-refractivity contribution in [2.24, 2.45) is 0 Å². The third kappa shape index (κ3) is 1.57. The summed E-state index contributed by atoms with van der Waals surface area (Å²) in [6.45, 7) is 0. The summed E-state index contributed by atoms with van der Waals surface area (Å²) < 4.78 is 0. The summed E-state index contributed by atoms with van der Waals surface area (Å²) in [5.74, 6) is 0.